The van der Waals surface area contributed by atoms with E-state index in [1.54, 1.807) is 24.3 Å². The summed E-state index contributed by atoms with van der Waals surface area (Å²) in [6.45, 7) is 4.13. The molecule has 150 valence electrons. The number of pyridine rings is 1. The molecular formula is C22H23N3O3S. The molecule has 2 aromatic rings. The molecule has 1 aliphatic carbocycles. The van der Waals surface area contributed by atoms with Crippen molar-refractivity contribution in [1.29, 1.82) is 5.26 Å². The Morgan fingerprint density at radius 3 is 2.69 bits per heavy atom. The molecule has 1 amide bonds. The van der Waals surface area contributed by atoms with Crippen LogP contribution in [-0.4, -0.2) is 29.2 Å². The summed E-state index contributed by atoms with van der Waals surface area (Å²) in [5.74, 6) is -0.521. The molecule has 0 spiro atoms. The van der Waals surface area contributed by atoms with Crippen LogP contribution >= 0.6 is 11.8 Å². The molecule has 0 aliphatic heterocycles. The van der Waals surface area contributed by atoms with Crippen molar-refractivity contribution >= 4 is 23.6 Å². The summed E-state index contributed by atoms with van der Waals surface area (Å²) in [5.41, 5.74) is 5.17. The second kappa shape index (κ2) is 9.10. The summed E-state index contributed by atoms with van der Waals surface area (Å²) < 4.78 is 4.68. The largest absolute Gasteiger partial charge is 0.465 e. The molecule has 7 heteroatoms. The van der Waals surface area contributed by atoms with Crippen molar-refractivity contribution in [2.24, 2.45) is 0 Å². The van der Waals surface area contributed by atoms with Gasteiger partial charge in [0.25, 0.3) is 0 Å². The Balaban J connectivity index is 1.64. The van der Waals surface area contributed by atoms with E-state index < -0.39 is 5.97 Å². The zero-order valence-electron chi connectivity index (χ0n) is 16.7. The van der Waals surface area contributed by atoms with Gasteiger partial charge in [-0.3, -0.25) is 4.79 Å². The first-order valence-corrected chi connectivity index (χ1v) is 10.4. The number of methoxy groups -OCH3 is 1. The van der Waals surface area contributed by atoms with Gasteiger partial charge in [-0.1, -0.05) is 23.9 Å². The Labute approximate surface area is 174 Å². The van der Waals surface area contributed by atoms with Crippen LogP contribution in [0.1, 0.15) is 51.7 Å². The van der Waals surface area contributed by atoms with Gasteiger partial charge in [0.2, 0.25) is 5.91 Å². The van der Waals surface area contributed by atoms with Crippen LogP contribution in [0.5, 0.6) is 0 Å². The minimum absolute atomic E-state index is 0.129. The topological polar surface area (TPSA) is 92.1 Å². The molecule has 1 heterocycles. The molecule has 3 rings (SSSR count). The highest BCUT2D eigenvalue weighted by Crippen LogP contribution is 2.33. The maximum absolute atomic E-state index is 12.5. The van der Waals surface area contributed by atoms with E-state index in [1.807, 2.05) is 13.8 Å². The third kappa shape index (κ3) is 4.60. The molecular weight excluding hydrogens is 386 g/mol. The second-order valence-corrected chi connectivity index (χ2v) is 8.30. The number of carbonyl (C=O) groups is 2. The van der Waals surface area contributed by atoms with E-state index in [9.17, 15) is 14.9 Å². The third-order valence-electron chi connectivity index (χ3n) is 5.08. The molecule has 1 atom stereocenters. The van der Waals surface area contributed by atoms with Crippen LogP contribution in [0.15, 0.2) is 29.3 Å². The first-order valence-electron chi connectivity index (χ1n) is 9.48. The highest BCUT2D eigenvalue weighted by molar-refractivity contribution is 8.00. The maximum Gasteiger partial charge on any atom is 0.337 e. The number of nitriles is 1. The summed E-state index contributed by atoms with van der Waals surface area (Å²) in [6, 6.07) is 9.16. The summed E-state index contributed by atoms with van der Waals surface area (Å²) >= 11 is 1.32. The van der Waals surface area contributed by atoms with Crippen LogP contribution in [0, 0.1) is 18.3 Å². The highest BCUT2D eigenvalue weighted by atomic mass is 32.2. The molecule has 0 radical (unpaired) electrons. The van der Waals surface area contributed by atoms with Crippen LogP contribution in [0.2, 0.25) is 0 Å². The normalized spacial score (nSPS) is 13.3. The number of nitrogens with one attached hydrogen (secondary N) is 1. The smallest absolute Gasteiger partial charge is 0.337 e. The number of hydrogen-bond acceptors (Lipinski definition) is 6. The van der Waals surface area contributed by atoms with Gasteiger partial charge in [-0.15, -0.1) is 0 Å². The van der Waals surface area contributed by atoms with Gasteiger partial charge >= 0.3 is 5.97 Å². The molecule has 1 aromatic carbocycles. The Bertz CT molecular complexity index is 980. The monoisotopic (exact) mass is 409 g/mol. The lowest BCUT2D eigenvalue weighted by Crippen LogP contribution is -2.30. The summed E-state index contributed by atoms with van der Waals surface area (Å²) in [4.78, 5) is 28.7. The average molecular weight is 410 g/mol. The fourth-order valence-electron chi connectivity index (χ4n) is 3.39. The number of benzene rings is 1. The SMILES string of the molecule is COC(=O)c1ccc(CNC(=O)C(C)Sc2nc3c(c(C)c2C#N)CCC3)cc1. The number of thioether (sulfide) groups is 1. The molecule has 1 aromatic heterocycles. The Kier molecular flexibility index (Phi) is 6.55. The number of fused-ring (bicyclic) bond motifs is 1. The van der Waals surface area contributed by atoms with Crippen molar-refractivity contribution in [1.82, 2.24) is 10.3 Å². The lowest BCUT2D eigenvalue weighted by molar-refractivity contribution is -0.120. The van der Waals surface area contributed by atoms with E-state index in [0.717, 1.165) is 36.1 Å². The molecule has 0 bridgehead atoms. The van der Waals surface area contributed by atoms with Crippen molar-refractivity contribution in [3.8, 4) is 6.07 Å². The summed E-state index contributed by atoms with van der Waals surface area (Å²) in [6.07, 6.45) is 2.96. The van der Waals surface area contributed by atoms with Crippen LogP contribution in [0.3, 0.4) is 0 Å². The Morgan fingerprint density at radius 2 is 2.03 bits per heavy atom. The lowest BCUT2D eigenvalue weighted by atomic mass is 10.0. The summed E-state index contributed by atoms with van der Waals surface area (Å²) in [5, 5.41) is 12.7. The van der Waals surface area contributed by atoms with Crippen LogP contribution < -0.4 is 5.32 Å². The number of hydrogen-bond donors (Lipinski definition) is 1. The van der Waals surface area contributed by atoms with Gasteiger partial charge in [0.15, 0.2) is 0 Å². The number of nitrogens with zero attached hydrogens (tertiary/aromatic N) is 2. The minimum Gasteiger partial charge on any atom is -0.465 e. The van der Waals surface area contributed by atoms with Crippen molar-refractivity contribution in [3.05, 3.63) is 57.8 Å². The minimum atomic E-state index is -0.393. The van der Waals surface area contributed by atoms with E-state index in [0.29, 0.717) is 22.7 Å². The fraction of sp³-hybridized carbons (Fsp3) is 0.364. The maximum atomic E-state index is 12.5. The van der Waals surface area contributed by atoms with Gasteiger partial charge in [-0.05, 0) is 61.9 Å². The van der Waals surface area contributed by atoms with Gasteiger partial charge in [0.1, 0.15) is 11.1 Å². The van der Waals surface area contributed by atoms with E-state index in [-0.39, 0.29) is 11.2 Å². The van der Waals surface area contributed by atoms with Gasteiger partial charge in [-0.25, -0.2) is 9.78 Å². The van der Waals surface area contributed by atoms with Gasteiger partial charge in [-0.2, -0.15) is 5.26 Å². The zero-order chi connectivity index (χ0) is 21.0. The molecule has 6 nitrogen and oxygen atoms in total. The van der Waals surface area contributed by atoms with E-state index in [1.165, 1.54) is 24.4 Å². The molecule has 1 N–H and O–H groups in total. The first kappa shape index (κ1) is 20.9. The third-order valence-corrected chi connectivity index (χ3v) is 6.16. The lowest BCUT2D eigenvalue weighted by Gasteiger charge is -2.15. The standard InChI is InChI=1S/C22H23N3O3S/c1-13-17-5-4-6-19(17)25-21(18(13)11-23)29-14(2)20(26)24-12-15-7-9-16(10-8-15)22(27)28-3/h7-10,14H,4-6,12H2,1-3H3,(H,24,26). The number of ether oxygens (including phenoxy) is 1. The number of amides is 1. The average Bonchev–Trinajstić information content (AvgIpc) is 3.21. The van der Waals surface area contributed by atoms with Crippen molar-refractivity contribution in [2.75, 3.05) is 7.11 Å². The predicted octanol–water partition coefficient (Wildman–Crippen LogP) is 3.33. The molecule has 0 saturated heterocycles. The Hall–Kier alpha value is -2.85. The second-order valence-electron chi connectivity index (χ2n) is 6.97. The van der Waals surface area contributed by atoms with Gasteiger partial charge in [0, 0.05) is 12.2 Å². The molecule has 1 unspecified atom stereocenters. The first-order chi connectivity index (χ1) is 13.9. The Morgan fingerprint density at radius 1 is 1.31 bits per heavy atom. The molecule has 1 aliphatic rings. The summed E-state index contributed by atoms with van der Waals surface area (Å²) in [7, 11) is 1.34. The quantitative estimate of drug-likeness (QED) is 0.581. The van der Waals surface area contributed by atoms with Crippen molar-refractivity contribution in [2.45, 2.75) is 49.9 Å². The number of aryl methyl sites for hydroxylation is 1. The van der Waals surface area contributed by atoms with Crippen molar-refractivity contribution < 1.29 is 14.3 Å². The van der Waals surface area contributed by atoms with Crippen molar-refractivity contribution in [3.63, 3.8) is 0 Å². The highest BCUT2D eigenvalue weighted by Gasteiger charge is 2.23. The van der Waals surface area contributed by atoms with E-state index in [2.05, 4.69) is 21.1 Å². The van der Waals surface area contributed by atoms with Gasteiger partial charge < -0.3 is 10.1 Å². The van der Waals surface area contributed by atoms with E-state index >= 15 is 0 Å². The number of esters is 1. The predicted molar refractivity (Wildman–Crippen MR) is 111 cm³/mol. The van der Waals surface area contributed by atoms with Crippen LogP contribution in [0.4, 0.5) is 0 Å². The van der Waals surface area contributed by atoms with Crippen LogP contribution in [-0.2, 0) is 28.9 Å². The van der Waals surface area contributed by atoms with E-state index in [4.69, 9.17) is 0 Å². The number of aromatic nitrogens is 1. The number of rotatable bonds is 6. The molecule has 0 fully saturated rings. The van der Waals surface area contributed by atoms with Crippen LogP contribution in [0.25, 0.3) is 0 Å². The number of carbonyl (C=O) groups excluding carboxylic acids is 2. The molecule has 29 heavy (non-hydrogen) atoms. The fourth-order valence-corrected chi connectivity index (χ4v) is 4.40. The molecule has 0 saturated carbocycles. The zero-order valence-corrected chi connectivity index (χ0v) is 17.6. The van der Waals surface area contributed by atoms with Gasteiger partial charge in [0.05, 0.1) is 23.5 Å².